The van der Waals surface area contributed by atoms with Gasteiger partial charge in [0, 0.05) is 19.4 Å². The average Bonchev–Trinajstić information content (AvgIpc) is 3.53. The number of hydrogen-bond acceptors (Lipinski definition) is 6. The molecule has 1 amide bonds. The molecule has 0 bridgehead atoms. The molecule has 0 saturated carbocycles. The van der Waals surface area contributed by atoms with E-state index in [1.165, 1.54) is 17.7 Å². The third kappa shape index (κ3) is 4.49. The van der Waals surface area contributed by atoms with Crippen LogP contribution < -0.4 is 10.9 Å². The summed E-state index contributed by atoms with van der Waals surface area (Å²) in [6, 6.07) is 14.0. The fourth-order valence-electron chi connectivity index (χ4n) is 3.34. The number of nitrogens with one attached hydrogen (secondary N) is 1. The van der Waals surface area contributed by atoms with Gasteiger partial charge >= 0.3 is 5.97 Å². The number of benzene rings is 1. The molecule has 0 radical (unpaired) electrons. The first-order chi connectivity index (χ1) is 15.8. The van der Waals surface area contributed by atoms with Crippen LogP contribution in [-0.4, -0.2) is 37.1 Å². The van der Waals surface area contributed by atoms with Crippen LogP contribution in [0.25, 0.3) is 5.69 Å². The number of carbonyl (C=O) groups is 2. The van der Waals surface area contributed by atoms with Gasteiger partial charge in [0.15, 0.2) is 6.10 Å². The van der Waals surface area contributed by atoms with Crippen molar-refractivity contribution in [1.29, 1.82) is 0 Å². The molecule has 170 valence electrons. The van der Waals surface area contributed by atoms with E-state index in [0.717, 1.165) is 0 Å². The van der Waals surface area contributed by atoms with Crippen LogP contribution in [0.2, 0.25) is 0 Å². The fourth-order valence-corrected chi connectivity index (χ4v) is 3.34. The summed E-state index contributed by atoms with van der Waals surface area (Å²) in [4.78, 5) is 38.0. The zero-order valence-electron chi connectivity index (χ0n) is 18.4. The highest BCUT2D eigenvalue weighted by atomic mass is 16.6. The predicted octanol–water partition coefficient (Wildman–Crippen LogP) is 2.51. The van der Waals surface area contributed by atoms with Crippen LogP contribution >= 0.6 is 0 Å². The fraction of sp³-hybridized carbons (Fsp3) is 0.217. The van der Waals surface area contributed by atoms with Crippen molar-refractivity contribution in [3.8, 4) is 5.69 Å². The second-order valence-corrected chi connectivity index (χ2v) is 7.44. The number of aromatic nitrogens is 4. The third-order valence-electron chi connectivity index (χ3n) is 5.20. The van der Waals surface area contributed by atoms with E-state index in [0.29, 0.717) is 23.7 Å². The van der Waals surface area contributed by atoms with E-state index < -0.39 is 18.0 Å². The molecule has 3 aromatic heterocycles. The smallest absolute Gasteiger partial charge is 0.375 e. The van der Waals surface area contributed by atoms with Crippen molar-refractivity contribution in [3.63, 3.8) is 0 Å². The number of nitrogens with zero attached hydrogens (tertiary/aromatic N) is 4. The van der Waals surface area contributed by atoms with E-state index in [2.05, 4.69) is 10.4 Å². The standard InChI is InChI=1S/C23H23N5O5/c1-15-20(22(30)28(26(15)3)17-8-5-4-6-9-17)25-21(29)16(2)32-23(31)19-11-10-18(33-19)14-27-13-7-12-24-27/h4-13,16H,14H2,1-3H3,(H,25,29). The summed E-state index contributed by atoms with van der Waals surface area (Å²) in [5.74, 6) is -0.920. The quantitative estimate of drug-likeness (QED) is 0.434. The van der Waals surface area contributed by atoms with Gasteiger partial charge in [-0.1, -0.05) is 18.2 Å². The van der Waals surface area contributed by atoms with Crippen LogP contribution in [0.1, 0.15) is 28.9 Å². The van der Waals surface area contributed by atoms with Gasteiger partial charge in [-0.05, 0) is 44.2 Å². The lowest BCUT2D eigenvalue weighted by Crippen LogP contribution is -2.32. The van der Waals surface area contributed by atoms with Crippen LogP contribution in [0.15, 0.2) is 70.1 Å². The van der Waals surface area contributed by atoms with Gasteiger partial charge in [0.1, 0.15) is 11.4 Å². The second kappa shape index (κ2) is 9.03. The van der Waals surface area contributed by atoms with Gasteiger partial charge < -0.3 is 14.5 Å². The van der Waals surface area contributed by atoms with Crippen LogP contribution in [0.3, 0.4) is 0 Å². The van der Waals surface area contributed by atoms with Gasteiger partial charge in [0.2, 0.25) is 5.76 Å². The van der Waals surface area contributed by atoms with Gasteiger partial charge in [-0.25, -0.2) is 9.48 Å². The molecule has 0 spiro atoms. The minimum Gasteiger partial charge on any atom is -0.452 e. The molecule has 10 nitrogen and oxygen atoms in total. The van der Waals surface area contributed by atoms with Crippen LogP contribution in [0, 0.1) is 6.92 Å². The number of esters is 1. The van der Waals surface area contributed by atoms with E-state index in [1.807, 2.05) is 18.2 Å². The first-order valence-corrected chi connectivity index (χ1v) is 10.3. The first kappa shape index (κ1) is 21.9. The zero-order chi connectivity index (χ0) is 23.5. The van der Waals surface area contributed by atoms with Gasteiger partial charge in [0.25, 0.3) is 11.5 Å². The van der Waals surface area contributed by atoms with E-state index in [-0.39, 0.29) is 17.0 Å². The van der Waals surface area contributed by atoms with E-state index >= 15 is 0 Å². The average molecular weight is 449 g/mol. The topological polar surface area (TPSA) is 113 Å². The molecular weight excluding hydrogens is 426 g/mol. The Bertz CT molecular complexity index is 1330. The molecule has 0 aliphatic heterocycles. The Morgan fingerprint density at radius 1 is 1.15 bits per heavy atom. The van der Waals surface area contributed by atoms with Crippen LogP contribution in [0.4, 0.5) is 5.69 Å². The minimum absolute atomic E-state index is 0.0286. The number of para-hydroxylation sites is 1. The Balaban J connectivity index is 1.44. The number of rotatable bonds is 7. The molecule has 33 heavy (non-hydrogen) atoms. The Morgan fingerprint density at radius 3 is 2.61 bits per heavy atom. The van der Waals surface area contributed by atoms with E-state index in [9.17, 15) is 14.4 Å². The summed E-state index contributed by atoms with van der Waals surface area (Å²) in [5.41, 5.74) is 0.956. The highest BCUT2D eigenvalue weighted by Gasteiger charge is 2.24. The monoisotopic (exact) mass is 449 g/mol. The molecule has 1 N–H and O–H groups in total. The van der Waals surface area contributed by atoms with Crippen molar-refractivity contribution < 1.29 is 18.7 Å². The lowest BCUT2D eigenvalue weighted by molar-refractivity contribution is -0.123. The molecule has 1 aromatic carbocycles. The van der Waals surface area contributed by atoms with Crippen LogP contribution in [-0.2, 0) is 23.1 Å². The minimum atomic E-state index is -1.15. The number of ether oxygens (including phenoxy) is 1. The highest BCUT2D eigenvalue weighted by molar-refractivity contribution is 5.96. The largest absolute Gasteiger partial charge is 0.452 e. The number of anilines is 1. The Hall–Kier alpha value is -4.34. The van der Waals surface area contributed by atoms with Crippen molar-refractivity contribution in [2.45, 2.75) is 26.5 Å². The van der Waals surface area contributed by atoms with Gasteiger partial charge in [0.05, 0.1) is 17.9 Å². The maximum Gasteiger partial charge on any atom is 0.375 e. The molecule has 4 rings (SSSR count). The highest BCUT2D eigenvalue weighted by Crippen LogP contribution is 2.16. The van der Waals surface area contributed by atoms with Crippen molar-refractivity contribution in [2.75, 3.05) is 5.32 Å². The van der Waals surface area contributed by atoms with E-state index in [4.69, 9.17) is 9.15 Å². The Morgan fingerprint density at radius 2 is 1.91 bits per heavy atom. The number of carbonyl (C=O) groups excluding carboxylic acids is 2. The van der Waals surface area contributed by atoms with Crippen molar-refractivity contribution >= 4 is 17.6 Å². The third-order valence-corrected chi connectivity index (χ3v) is 5.20. The molecule has 0 saturated heterocycles. The summed E-state index contributed by atoms with van der Waals surface area (Å²) < 4.78 is 15.5. The van der Waals surface area contributed by atoms with Crippen molar-refractivity contribution in [1.82, 2.24) is 19.1 Å². The molecule has 0 aliphatic carbocycles. The van der Waals surface area contributed by atoms with Gasteiger partial charge in [-0.15, -0.1) is 0 Å². The summed E-state index contributed by atoms with van der Waals surface area (Å²) in [6.07, 6.45) is 2.26. The molecular formula is C23H23N5O5. The molecule has 0 aliphatic rings. The Labute approximate surface area is 189 Å². The Kier molecular flexibility index (Phi) is 5.99. The van der Waals surface area contributed by atoms with Gasteiger partial charge in [-0.2, -0.15) is 5.10 Å². The lowest BCUT2D eigenvalue weighted by Gasteiger charge is -2.12. The lowest BCUT2D eigenvalue weighted by atomic mass is 10.3. The van der Waals surface area contributed by atoms with Crippen LogP contribution in [0.5, 0.6) is 0 Å². The van der Waals surface area contributed by atoms with Crippen molar-refractivity contribution in [2.24, 2.45) is 7.05 Å². The summed E-state index contributed by atoms with van der Waals surface area (Å²) >= 11 is 0. The summed E-state index contributed by atoms with van der Waals surface area (Å²) in [5, 5.41) is 6.67. The van der Waals surface area contributed by atoms with Gasteiger partial charge in [-0.3, -0.25) is 19.0 Å². The maximum absolute atomic E-state index is 12.9. The zero-order valence-corrected chi connectivity index (χ0v) is 18.4. The second-order valence-electron chi connectivity index (χ2n) is 7.44. The summed E-state index contributed by atoms with van der Waals surface area (Å²) in [7, 11) is 1.72. The normalized spacial score (nSPS) is 11.8. The molecule has 4 aromatic rings. The first-order valence-electron chi connectivity index (χ1n) is 10.3. The number of furan rings is 1. The number of hydrogen-bond donors (Lipinski definition) is 1. The SMILES string of the molecule is Cc1c(NC(=O)C(C)OC(=O)c2ccc(Cn3cccn3)o2)c(=O)n(-c2ccccc2)n1C. The molecule has 0 fully saturated rings. The van der Waals surface area contributed by atoms with Crippen molar-refractivity contribution in [3.05, 3.63) is 88.5 Å². The summed E-state index contributed by atoms with van der Waals surface area (Å²) in [6.45, 7) is 3.50. The molecule has 10 heteroatoms. The molecule has 1 atom stereocenters. The maximum atomic E-state index is 12.9. The molecule has 1 unspecified atom stereocenters. The van der Waals surface area contributed by atoms with E-state index in [1.54, 1.807) is 60.0 Å². The predicted molar refractivity (Wildman–Crippen MR) is 119 cm³/mol. The number of amides is 1. The molecule has 3 heterocycles.